The van der Waals surface area contributed by atoms with E-state index in [4.69, 9.17) is 4.52 Å². The van der Waals surface area contributed by atoms with E-state index in [-0.39, 0.29) is 17.8 Å². The van der Waals surface area contributed by atoms with Gasteiger partial charge >= 0.3 is 6.03 Å². The van der Waals surface area contributed by atoms with E-state index in [2.05, 4.69) is 25.4 Å². The number of piperidine rings is 1. The zero-order chi connectivity index (χ0) is 19.3. The van der Waals surface area contributed by atoms with E-state index < -0.39 is 0 Å². The molecular formula is C19H19FN6O2. The largest absolute Gasteiger partial charge is 0.339 e. The predicted molar refractivity (Wildman–Crippen MR) is 98.7 cm³/mol. The Morgan fingerprint density at radius 2 is 2.14 bits per heavy atom. The van der Waals surface area contributed by atoms with Crippen molar-refractivity contribution in [2.45, 2.75) is 19.3 Å². The summed E-state index contributed by atoms with van der Waals surface area (Å²) < 4.78 is 18.3. The second-order valence-electron chi connectivity index (χ2n) is 6.70. The Bertz CT molecular complexity index is 931. The minimum Gasteiger partial charge on any atom is -0.339 e. The Morgan fingerprint density at radius 1 is 1.29 bits per heavy atom. The third-order valence-electron chi connectivity index (χ3n) is 4.63. The summed E-state index contributed by atoms with van der Waals surface area (Å²) in [6.45, 7) is 1.27. The molecule has 0 spiro atoms. The number of hydrogen-bond acceptors (Lipinski definition) is 6. The topological polar surface area (TPSA) is 97.0 Å². The van der Waals surface area contributed by atoms with Crippen molar-refractivity contribution in [1.29, 1.82) is 0 Å². The average molecular weight is 382 g/mol. The molecule has 1 saturated heterocycles. The minimum absolute atomic E-state index is 0.193. The summed E-state index contributed by atoms with van der Waals surface area (Å²) in [5, 5.41) is 6.76. The molecule has 8 nitrogen and oxygen atoms in total. The van der Waals surface area contributed by atoms with Crippen LogP contribution >= 0.6 is 0 Å². The number of benzene rings is 1. The molecule has 0 aliphatic carbocycles. The van der Waals surface area contributed by atoms with Gasteiger partial charge in [0.25, 0.3) is 0 Å². The van der Waals surface area contributed by atoms with E-state index in [1.807, 2.05) is 0 Å². The first kappa shape index (κ1) is 18.0. The van der Waals surface area contributed by atoms with E-state index in [0.717, 1.165) is 12.8 Å². The molecule has 1 unspecified atom stereocenters. The molecule has 0 saturated carbocycles. The van der Waals surface area contributed by atoms with Crippen LogP contribution in [0.4, 0.5) is 14.9 Å². The number of hydrogen-bond donors (Lipinski definition) is 1. The molecule has 2 aromatic heterocycles. The fourth-order valence-electron chi connectivity index (χ4n) is 3.26. The molecule has 1 aliphatic heterocycles. The van der Waals surface area contributed by atoms with Crippen LogP contribution in [-0.2, 0) is 6.42 Å². The van der Waals surface area contributed by atoms with Gasteiger partial charge in [-0.15, -0.1) is 0 Å². The SMILES string of the molecule is O=C(Nc1ccc(F)cc1)N1CCCC(Cc2nc(-c3cnccn3)no2)C1. The number of nitrogens with zero attached hydrogens (tertiary/aromatic N) is 5. The normalized spacial score (nSPS) is 16.8. The maximum Gasteiger partial charge on any atom is 0.321 e. The van der Waals surface area contributed by atoms with Crippen LogP contribution in [0, 0.1) is 11.7 Å². The van der Waals surface area contributed by atoms with Gasteiger partial charge in [-0.3, -0.25) is 4.98 Å². The van der Waals surface area contributed by atoms with E-state index in [9.17, 15) is 9.18 Å². The number of nitrogens with one attached hydrogen (secondary N) is 1. The summed E-state index contributed by atoms with van der Waals surface area (Å²) in [4.78, 5) is 26.8. The number of likely N-dealkylation sites (tertiary alicyclic amines) is 1. The zero-order valence-corrected chi connectivity index (χ0v) is 15.1. The van der Waals surface area contributed by atoms with Crippen LogP contribution in [0.3, 0.4) is 0 Å². The van der Waals surface area contributed by atoms with Crippen molar-refractivity contribution in [3.05, 3.63) is 54.6 Å². The first-order chi connectivity index (χ1) is 13.7. The first-order valence-corrected chi connectivity index (χ1v) is 9.08. The number of carbonyl (C=O) groups is 1. The maximum absolute atomic E-state index is 13.0. The lowest BCUT2D eigenvalue weighted by atomic mass is 9.95. The van der Waals surface area contributed by atoms with Gasteiger partial charge in [-0.25, -0.2) is 14.2 Å². The van der Waals surface area contributed by atoms with Crippen molar-refractivity contribution in [1.82, 2.24) is 25.0 Å². The minimum atomic E-state index is -0.337. The van der Waals surface area contributed by atoms with Crippen molar-refractivity contribution in [3.8, 4) is 11.5 Å². The molecule has 1 atom stereocenters. The molecule has 1 aliphatic rings. The number of urea groups is 1. The third kappa shape index (κ3) is 4.30. The summed E-state index contributed by atoms with van der Waals surface area (Å²) in [6, 6.07) is 5.53. The summed E-state index contributed by atoms with van der Waals surface area (Å²) >= 11 is 0. The molecule has 1 fully saturated rings. The van der Waals surface area contributed by atoms with E-state index in [0.29, 0.717) is 42.6 Å². The van der Waals surface area contributed by atoms with E-state index in [1.165, 1.54) is 12.1 Å². The number of anilines is 1. The maximum atomic E-state index is 13.0. The third-order valence-corrected chi connectivity index (χ3v) is 4.63. The average Bonchev–Trinajstić information content (AvgIpc) is 3.19. The smallest absolute Gasteiger partial charge is 0.321 e. The van der Waals surface area contributed by atoms with Gasteiger partial charge in [-0.1, -0.05) is 5.16 Å². The van der Waals surface area contributed by atoms with E-state index in [1.54, 1.807) is 35.6 Å². The fourth-order valence-corrected chi connectivity index (χ4v) is 3.26. The van der Waals surface area contributed by atoms with Crippen LogP contribution in [0.25, 0.3) is 11.5 Å². The summed E-state index contributed by atoms with van der Waals surface area (Å²) in [7, 11) is 0. The van der Waals surface area contributed by atoms with Crippen LogP contribution in [0.15, 0.2) is 47.4 Å². The lowest BCUT2D eigenvalue weighted by Gasteiger charge is -2.32. The molecule has 9 heteroatoms. The molecule has 3 aromatic rings. The Balaban J connectivity index is 1.35. The Labute approximate surface area is 160 Å². The second kappa shape index (κ2) is 8.12. The lowest BCUT2D eigenvalue weighted by Crippen LogP contribution is -2.42. The molecule has 0 bridgehead atoms. The van der Waals surface area contributed by atoms with Crippen molar-refractivity contribution in [3.63, 3.8) is 0 Å². The van der Waals surface area contributed by atoms with Gasteiger partial charge in [-0.05, 0) is 43.0 Å². The van der Waals surface area contributed by atoms with Crippen molar-refractivity contribution in [2.75, 3.05) is 18.4 Å². The number of aromatic nitrogens is 4. The molecule has 4 rings (SSSR count). The molecule has 2 amide bonds. The van der Waals surface area contributed by atoms with Gasteiger partial charge in [0.1, 0.15) is 11.5 Å². The van der Waals surface area contributed by atoms with Crippen molar-refractivity contribution >= 4 is 11.7 Å². The van der Waals surface area contributed by atoms with Crippen molar-refractivity contribution in [2.24, 2.45) is 5.92 Å². The molecule has 144 valence electrons. The highest BCUT2D eigenvalue weighted by molar-refractivity contribution is 5.89. The molecule has 1 aromatic carbocycles. The van der Waals surface area contributed by atoms with Gasteiger partial charge in [0.05, 0.1) is 6.20 Å². The molecule has 3 heterocycles. The van der Waals surface area contributed by atoms with Gasteiger partial charge in [0.15, 0.2) is 0 Å². The molecule has 1 N–H and O–H groups in total. The van der Waals surface area contributed by atoms with Gasteiger partial charge in [0.2, 0.25) is 11.7 Å². The fraction of sp³-hybridized carbons (Fsp3) is 0.316. The van der Waals surface area contributed by atoms with Crippen molar-refractivity contribution < 1.29 is 13.7 Å². The highest BCUT2D eigenvalue weighted by atomic mass is 19.1. The predicted octanol–water partition coefficient (Wildman–Crippen LogP) is 3.15. The number of halogens is 1. The summed E-state index contributed by atoms with van der Waals surface area (Å²) in [5.74, 6) is 0.815. The Hall–Kier alpha value is -3.36. The van der Waals surface area contributed by atoms with Gasteiger partial charge < -0.3 is 14.7 Å². The summed E-state index contributed by atoms with van der Waals surface area (Å²) in [6.07, 6.45) is 7.20. The highest BCUT2D eigenvalue weighted by Crippen LogP contribution is 2.22. The second-order valence-corrected chi connectivity index (χ2v) is 6.70. The lowest BCUT2D eigenvalue weighted by molar-refractivity contribution is 0.173. The van der Waals surface area contributed by atoms with E-state index >= 15 is 0 Å². The Kier molecular flexibility index (Phi) is 5.22. The Morgan fingerprint density at radius 3 is 2.93 bits per heavy atom. The quantitative estimate of drug-likeness (QED) is 0.744. The van der Waals surface area contributed by atoms with Crippen LogP contribution in [0.5, 0.6) is 0 Å². The number of rotatable bonds is 4. The zero-order valence-electron chi connectivity index (χ0n) is 15.1. The molecular weight excluding hydrogens is 363 g/mol. The van der Waals surface area contributed by atoms with Crippen LogP contribution in [-0.4, -0.2) is 44.1 Å². The van der Waals surface area contributed by atoms with Crippen LogP contribution < -0.4 is 5.32 Å². The molecule has 0 radical (unpaired) electrons. The van der Waals surface area contributed by atoms with Crippen LogP contribution in [0.2, 0.25) is 0 Å². The number of amides is 2. The first-order valence-electron chi connectivity index (χ1n) is 9.08. The van der Waals surface area contributed by atoms with Gasteiger partial charge in [-0.2, -0.15) is 4.98 Å². The molecule has 28 heavy (non-hydrogen) atoms. The summed E-state index contributed by atoms with van der Waals surface area (Å²) in [5.41, 5.74) is 1.13. The van der Waals surface area contributed by atoms with Gasteiger partial charge in [0, 0.05) is 37.6 Å². The van der Waals surface area contributed by atoms with Crippen LogP contribution in [0.1, 0.15) is 18.7 Å². The standard InChI is InChI=1S/C19H19FN6O2/c20-14-3-5-15(6-4-14)23-19(27)26-9-1-2-13(12-26)10-17-24-18(25-28-17)16-11-21-7-8-22-16/h3-8,11,13H,1-2,9-10,12H2,(H,23,27). The monoisotopic (exact) mass is 382 g/mol. The highest BCUT2D eigenvalue weighted by Gasteiger charge is 2.25. The number of carbonyl (C=O) groups excluding carboxylic acids is 1.